The van der Waals surface area contributed by atoms with Gasteiger partial charge >= 0.3 is 12.1 Å². The molecular weight excluding hydrogens is 365 g/mol. The molecule has 0 radical (unpaired) electrons. The fourth-order valence-corrected chi connectivity index (χ4v) is 2.85. The number of halogens is 4. The highest BCUT2D eigenvalue weighted by Gasteiger charge is 2.42. The number of ether oxygens (including phenoxy) is 1. The van der Waals surface area contributed by atoms with Gasteiger partial charge in [0.15, 0.2) is 5.82 Å². The van der Waals surface area contributed by atoms with Crippen LogP contribution in [0.2, 0.25) is 5.15 Å². The number of carbonyl (C=O) groups excluding carboxylic acids is 1. The highest BCUT2D eigenvalue weighted by Crippen LogP contribution is 2.29. The van der Waals surface area contributed by atoms with Gasteiger partial charge in [-0.05, 0) is 12.8 Å². The zero-order valence-electron chi connectivity index (χ0n) is 13.1. The maximum absolute atomic E-state index is 12.5. The summed E-state index contributed by atoms with van der Waals surface area (Å²) in [4.78, 5) is 21.8. The molecular formula is C14H14ClF3N4O3. The van der Waals surface area contributed by atoms with Crippen LogP contribution in [0.4, 0.5) is 19.0 Å². The van der Waals surface area contributed by atoms with E-state index >= 15 is 0 Å². The maximum atomic E-state index is 12.5. The number of hydrogen-bond acceptors (Lipinski definition) is 6. The second-order valence-electron chi connectivity index (χ2n) is 5.54. The lowest BCUT2D eigenvalue weighted by atomic mass is 10.1. The van der Waals surface area contributed by atoms with Crippen molar-refractivity contribution in [3.05, 3.63) is 17.4 Å². The second kappa shape index (κ2) is 6.68. The maximum Gasteiger partial charge on any atom is 0.493 e. The summed E-state index contributed by atoms with van der Waals surface area (Å²) < 4.78 is 42.8. The average Bonchev–Trinajstić information content (AvgIpc) is 2.92. The van der Waals surface area contributed by atoms with E-state index in [4.69, 9.17) is 16.3 Å². The highest BCUT2D eigenvalue weighted by molar-refractivity contribution is 6.30. The van der Waals surface area contributed by atoms with Crippen molar-refractivity contribution in [1.82, 2.24) is 14.9 Å². The van der Waals surface area contributed by atoms with E-state index in [9.17, 15) is 18.0 Å². The Balaban J connectivity index is 2.00. The van der Waals surface area contributed by atoms with Crippen LogP contribution < -0.4 is 9.74 Å². The van der Waals surface area contributed by atoms with Crippen molar-refractivity contribution in [3.63, 3.8) is 0 Å². The van der Waals surface area contributed by atoms with Crippen molar-refractivity contribution in [2.75, 3.05) is 25.1 Å². The largest absolute Gasteiger partial charge is 0.493 e. The quantitative estimate of drug-likeness (QED) is 0.763. The predicted molar refractivity (Wildman–Crippen MR) is 82.4 cm³/mol. The van der Waals surface area contributed by atoms with Crippen molar-refractivity contribution in [2.45, 2.75) is 25.1 Å². The first-order valence-corrected chi connectivity index (χ1v) is 7.79. The zero-order chi connectivity index (χ0) is 18.2. The first kappa shape index (κ1) is 17.7. The number of anilines is 1. The Bertz CT molecular complexity index is 795. The van der Waals surface area contributed by atoms with Gasteiger partial charge in [-0.2, -0.15) is 13.2 Å². The normalized spacial score (nSPS) is 18.6. The zero-order valence-corrected chi connectivity index (χ0v) is 13.8. The minimum absolute atomic E-state index is 0.0214. The molecule has 11 heteroatoms. The van der Waals surface area contributed by atoms with E-state index in [2.05, 4.69) is 14.9 Å². The third-order valence-corrected chi connectivity index (χ3v) is 4.10. The summed E-state index contributed by atoms with van der Waals surface area (Å²) in [6, 6.07) is 1.29. The lowest BCUT2D eigenvalue weighted by Crippen LogP contribution is -2.40. The molecule has 1 fully saturated rings. The van der Waals surface area contributed by atoms with E-state index in [-0.39, 0.29) is 16.8 Å². The van der Waals surface area contributed by atoms with E-state index in [0.29, 0.717) is 29.1 Å². The summed E-state index contributed by atoms with van der Waals surface area (Å²) in [5.41, 5.74) is 0.118. The Labute approximate surface area is 145 Å². The molecule has 1 unspecified atom stereocenters. The summed E-state index contributed by atoms with van der Waals surface area (Å²) in [6.07, 6.45) is -2.07. The van der Waals surface area contributed by atoms with Crippen LogP contribution in [-0.2, 0) is 9.53 Å². The molecule has 3 heterocycles. The third kappa shape index (κ3) is 3.64. The first-order chi connectivity index (χ1) is 11.8. The standard InChI is InChI=1S/C14H14ClF3N4O3/c1-24-8-3-2-4-21(7-8)12-9-6-19-11(15)5-10(9)22(20-12)25-13(23)14(16,17)18/h5-6,8H,2-4,7H2,1H3. The lowest BCUT2D eigenvalue weighted by Gasteiger charge is -2.32. The summed E-state index contributed by atoms with van der Waals surface area (Å²) in [5, 5.41) is 4.49. The van der Waals surface area contributed by atoms with Gasteiger partial charge in [-0.15, -0.1) is 5.10 Å². The van der Waals surface area contributed by atoms with E-state index in [0.717, 1.165) is 12.8 Å². The van der Waals surface area contributed by atoms with Gasteiger partial charge in [0.1, 0.15) is 10.7 Å². The van der Waals surface area contributed by atoms with Gasteiger partial charge in [-0.3, -0.25) is 0 Å². The smallest absolute Gasteiger partial charge is 0.380 e. The lowest BCUT2D eigenvalue weighted by molar-refractivity contribution is -0.200. The number of fused-ring (bicyclic) bond motifs is 1. The number of aromatic nitrogens is 3. The number of alkyl halides is 3. The van der Waals surface area contributed by atoms with Crippen LogP contribution in [-0.4, -0.2) is 53.4 Å². The number of piperidine rings is 1. The molecule has 2 aromatic rings. The summed E-state index contributed by atoms with van der Waals surface area (Å²) >= 11 is 5.81. The Morgan fingerprint density at radius 1 is 1.44 bits per heavy atom. The number of carbonyl (C=O) groups is 1. The molecule has 0 aromatic carbocycles. The SMILES string of the molecule is COC1CCCN(c2nn(OC(=O)C(F)(F)F)c3cc(Cl)ncc23)C1. The monoisotopic (exact) mass is 378 g/mol. The molecule has 136 valence electrons. The van der Waals surface area contributed by atoms with Crippen molar-refractivity contribution in [1.29, 1.82) is 0 Å². The molecule has 0 spiro atoms. The molecule has 2 aromatic heterocycles. The van der Waals surface area contributed by atoms with Crippen LogP contribution in [0.1, 0.15) is 12.8 Å². The number of rotatable bonds is 3. The molecule has 0 saturated carbocycles. The van der Waals surface area contributed by atoms with Crippen LogP contribution in [0.5, 0.6) is 0 Å². The van der Waals surface area contributed by atoms with E-state index < -0.39 is 12.1 Å². The second-order valence-corrected chi connectivity index (χ2v) is 5.93. The fraction of sp³-hybridized carbons (Fsp3) is 0.500. The van der Waals surface area contributed by atoms with Gasteiger partial charge < -0.3 is 14.5 Å². The molecule has 3 rings (SSSR count). The van der Waals surface area contributed by atoms with Crippen molar-refractivity contribution in [2.24, 2.45) is 0 Å². The van der Waals surface area contributed by atoms with Gasteiger partial charge in [-0.1, -0.05) is 16.4 Å². The molecule has 0 N–H and O–H groups in total. The predicted octanol–water partition coefficient (Wildman–Crippen LogP) is 2.22. The molecule has 1 saturated heterocycles. The van der Waals surface area contributed by atoms with E-state index in [1.54, 1.807) is 7.11 Å². The molecule has 1 aliphatic rings. The highest BCUT2D eigenvalue weighted by atomic mass is 35.5. The Morgan fingerprint density at radius 2 is 2.20 bits per heavy atom. The summed E-state index contributed by atoms with van der Waals surface area (Å²) in [6.45, 7) is 1.15. The van der Waals surface area contributed by atoms with Gasteiger partial charge in [-0.25, -0.2) is 9.78 Å². The van der Waals surface area contributed by atoms with Crippen LogP contribution in [0.25, 0.3) is 10.9 Å². The topological polar surface area (TPSA) is 69.5 Å². The minimum Gasteiger partial charge on any atom is -0.380 e. The van der Waals surface area contributed by atoms with E-state index in [1.807, 2.05) is 4.90 Å². The molecule has 25 heavy (non-hydrogen) atoms. The Kier molecular flexibility index (Phi) is 4.74. The number of nitrogens with zero attached hydrogens (tertiary/aromatic N) is 4. The molecule has 1 aliphatic heterocycles. The van der Waals surface area contributed by atoms with Gasteiger partial charge in [0.05, 0.1) is 11.5 Å². The summed E-state index contributed by atoms with van der Waals surface area (Å²) in [7, 11) is 1.59. The van der Waals surface area contributed by atoms with Crippen LogP contribution in [0.3, 0.4) is 0 Å². The molecule has 0 aliphatic carbocycles. The molecule has 0 bridgehead atoms. The number of methoxy groups -OCH3 is 1. The number of hydrogen-bond donors (Lipinski definition) is 0. The van der Waals surface area contributed by atoms with Crippen molar-refractivity contribution < 1.29 is 27.5 Å². The van der Waals surface area contributed by atoms with Crippen LogP contribution in [0.15, 0.2) is 12.3 Å². The first-order valence-electron chi connectivity index (χ1n) is 7.41. The molecule has 7 nitrogen and oxygen atoms in total. The minimum atomic E-state index is -5.14. The Morgan fingerprint density at radius 3 is 2.88 bits per heavy atom. The molecule has 1 atom stereocenters. The van der Waals surface area contributed by atoms with Gasteiger partial charge in [0.2, 0.25) is 0 Å². The van der Waals surface area contributed by atoms with Crippen molar-refractivity contribution >= 4 is 34.3 Å². The summed E-state index contributed by atoms with van der Waals surface area (Å²) in [5.74, 6) is -2.01. The van der Waals surface area contributed by atoms with Gasteiger partial charge in [0, 0.05) is 32.5 Å². The Hall–Kier alpha value is -2.07. The fourth-order valence-electron chi connectivity index (χ4n) is 2.70. The van der Waals surface area contributed by atoms with Crippen LogP contribution >= 0.6 is 11.6 Å². The number of pyridine rings is 1. The average molecular weight is 379 g/mol. The van der Waals surface area contributed by atoms with Gasteiger partial charge in [0.25, 0.3) is 0 Å². The van der Waals surface area contributed by atoms with Crippen molar-refractivity contribution in [3.8, 4) is 0 Å². The molecule has 0 amide bonds. The third-order valence-electron chi connectivity index (χ3n) is 3.89. The van der Waals surface area contributed by atoms with Crippen LogP contribution in [0, 0.1) is 0 Å². The van der Waals surface area contributed by atoms with E-state index in [1.165, 1.54) is 12.3 Å².